The van der Waals surface area contributed by atoms with Gasteiger partial charge in [-0.3, -0.25) is 9.59 Å². The molecule has 21 heavy (non-hydrogen) atoms. The smallest absolute Gasteiger partial charge is 0.255 e. The van der Waals surface area contributed by atoms with Gasteiger partial charge in [0.15, 0.2) is 11.9 Å². The lowest BCUT2D eigenvalue weighted by molar-refractivity contribution is -0.122. The van der Waals surface area contributed by atoms with E-state index in [2.05, 4.69) is 5.32 Å². The molecule has 0 aliphatic heterocycles. The summed E-state index contributed by atoms with van der Waals surface area (Å²) < 4.78 is 5.46. The standard InChI is InChI=1S/C17H17NO3/c1-12(19)13(2)21-16-10-8-15(9-11-16)18-17(20)14-6-4-3-5-7-14/h3-11,13H,1-2H3,(H,18,20)/t13-/m0/s1. The molecule has 2 aromatic carbocycles. The third kappa shape index (κ3) is 4.18. The molecular weight excluding hydrogens is 266 g/mol. The molecule has 0 unspecified atom stereocenters. The Morgan fingerprint density at radius 3 is 2.19 bits per heavy atom. The molecule has 0 fully saturated rings. The maximum atomic E-state index is 12.0. The normalized spacial score (nSPS) is 11.5. The van der Waals surface area contributed by atoms with Crippen LogP contribution < -0.4 is 10.1 Å². The summed E-state index contributed by atoms with van der Waals surface area (Å²) in [4.78, 5) is 23.1. The van der Waals surface area contributed by atoms with Crippen LogP contribution in [0.15, 0.2) is 54.6 Å². The van der Waals surface area contributed by atoms with Gasteiger partial charge in [0.25, 0.3) is 5.91 Å². The topological polar surface area (TPSA) is 55.4 Å². The molecule has 0 aromatic heterocycles. The third-order valence-corrected chi connectivity index (χ3v) is 3.03. The average molecular weight is 283 g/mol. The number of benzene rings is 2. The van der Waals surface area contributed by atoms with Crippen molar-refractivity contribution in [1.29, 1.82) is 0 Å². The second-order valence-electron chi connectivity index (χ2n) is 4.72. The summed E-state index contributed by atoms with van der Waals surface area (Å²) in [6.45, 7) is 3.19. The van der Waals surface area contributed by atoms with Gasteiger partial charge in [-0.2, -0.15) is 0 Å². The number of amides is 1. The highest BCUT2D eigenvalue weighted by molar-refractivity contribution is 6.04. The Labute approximate surface area is 123 Å². The fraction of sp³-hybridized carbons (Fsp3) is 0.176. The van der Waals surface area contributed by atoms with Crippen LogP contribution in [0.1, 0.15) is 24.2 Å². The number of hydrogen-bond acceptors (Lipinski definition) is 3. The maximum Gasteiger partial charge on any atom is 0.255 e. The SMILES string of the molecule is CC(=O)[C@H](C)Oc1ccc(NC(=O)c2ccccc2)cc1. The zero-order valence-electron chi connectivity index (χ0n) is 12.0. The molecule has 0 aliphatic carbocycles. The van der Waals surface area contributed by atoms with E-state index >= 15 is 0 Å². The molecule has 1 atom stereocenters. The van der Waals surface area contributed by atoms with Gasteiger partial charge >= 0.3 is 0 Å². The molecule has 0 spiro atoms. The number of carbonyl (C=O) groups excluding carboxylic acids is 2. The van der Waals surface area contributed by atoms with Crippen LogP contribution >= 0.6 is 0 Å². The minimum atomic E-state index is -0.477. The first-order valence-corrected chi connectivity index (χ1v) is 6.70. The minimum Gasteiger partial charge on any atom is -0.483 e. The van der Waals surface area contributed by atoms with Crippen LogP contribution in [0, 0.1) is 0 Å². The van der Waals surface area contributed by atoms with Crippen LogP contribution in [-0.2, 0) is 4.79 Å². The highest BCUT2D eigenvalue weighted by atomic mass is 16.5. The van der Waals surface area contributed by atoms with Crippen LogP contribution in [0.4, 0.5) is 5.69 Å². The first-order chi connectivity index (χ1) is 10.1. The van der Waals surface area contributed by atoms with Crippen molar-refractivity contribution < 1.29 is 14.3 Å². The van der Waals surface area contributed by atoms with Crippen molar-refractivity contribution in [2.45, 2.75) is 20.0 Å². The average Bonchev–Trinajstić information content (AvgIpc) is 2.50. The molecule has 0 aliphatic rings. The van der Waals surface area contributed by atoms with Gasteiger partial charge in [-0.05, 0) is 50.2 Å². The van der Waals surface area contributed by atoms with E-state index in [1.54, 1.807) is 43.3 Å². The van der Waals surface area contributed by atoms with Gasteiger partial charge in [0.1, 0.15) is 5.75 Å². The number of hydrogen-bond donors (Lipinski definition) is 1. The number of rotatable bonds is 5. The molecule has 4 nitrogen and oxygen atoms in total. The Kier molecular flexibility index (Phi) is 4.72. The van der Waals surface area contributed by atoms with E-state index in [1.165, 1.54) is 6.92 Å². The lowest BCUT2D eigenvalue weighted by Crippen LogP contribution is -2.20. The second kappa shape index (κ2) is 6.70. The molecule has 2 rings (SSSR count). The third-order valence-electron chi connectivity index (χ3n) is 3.03. The van der Waals surface area contributed by atoms with Crippen molar-refractivity contribution in [2.75, 3.05) is 5.32 Å². The number of nitrogens with one attached hydrogen (secondary N) is 1. The number of ketones is 1. The van der Waals surface area contributed by atoms with Crippen molar-refractivity contribution in [3.63, 3.8) is 0 Å². The summed E-state index contributed by atoms with van der Waals surface area (Å²) in [5.74, 6) is 0.397. The number of Topliss-reactive ketones (excluding diaryl/α,β-unsaturated/α-hetero) is 1. The molecular formula is C17H17NO3. The highest BCUT2D eigenvalue weighted by Gasteiger charge is 2.09. The van der Waals surface area contributed by atoms with E-state index in [4.69, 9.17) is 4.74 Å². The van der Waals surface area contributed by atoms with E-state index in [9.17, 15) is 9.59 Å². The number of carbonyl (C=O) groups is 2. The summed E-state index contributed by atoms with van der Waals surface area (Å²) in [6.07, 6.45) is -0.477. The lowest BCUT2D eigenvalue weighted by atomic mass is 10.2. The molecule has 0 saturated heterocycles. The van der Waals surface area contributed by atoms with E-state index in [1.807, 2.05) is 18.2 Å². The fourth-order valence-electron chi connectivity index (χ4n) is 1.70. The first-order valence-electron chi connectivity index (χ1n) is 6.70. The molecule has 0 radical (unpaired) electrons. The monoisotopic (exact) mass is 283 g/mol. The van der Waals surface area contributed by atoms with Gasteiger partial charge in [0, 0.05) is 11.3 Å². The van der Waals surface area contributed by atoms with Gasteiger partial charge in [0.2, 0.25) is 0 Å². The van der Waals surface area contributed by atoms with Crippen molar-refractivity contribution in [2.24, 2.45) is 0 Å². The predicted octanol–water partition coefficient (Wildman–Crippen LogP) is 3.30. The number of anilines is 1. The first kappa shape index (κ1) is 14.8. The van der Waals surface area contributed by atoms with Crippen LogP contribution in [0.3, 0.4) is 0 Å². The number of ether oxygens (including phenoxy) is 1. The molecule has 0 saturated carbocycles. The summed E-state index contributed by atoms with van der Waals surface area (Å²) >= 11 is 0. The molecule has 2 aromatic rings. The fourth-order valence-corrected chi connectivity index (χ4v) is 1.70. The largest absolute Gasteiger partial charge is 0.483 e. The molecule has 0 heterocycles. The summed E-state index contributed by atoms with van der Waals surface area (Å²) in [5.41, 5.74) is 1.27. The van der Waals surface area contributed by atoms with Crippen molar-refractivity contribution in [3.8, 4) is 5.75 Å². The lowest BCUT2D eigenvalue weighted by Gasteiger charge is -2.12. The summed E-state index contributed by atoms with van der Waals surface area (Å²) in [7, 11) is 0. The Hall–Kier alpha value is -2.62. The van der Waals surface area contributed by atoms with Crippen LogP contribution in [0.5, 0.6) is 5.75 Å². The van der Waals surface area contributed by atoms with Crippen molar-refractivity contribution >= 4 is 17.4 Å². The summed E-state index contributed by atoms with van der Waals surface area (Å²) in [6, 6.07) is 15.9. The molecule has 108 valence electrons. The quantitative estimate of drug-likeness (QED) is 0.916. The zero-order chi connectivity index (χ0) is 15.2. The van der Waals surface area contributed by atoms with E-state index in [-0.39, 0.29) is 11.7 Å². The summed E-state index contributed by atoms with van der Waals surface area (Å²) in [5, 5.41) is 2.80. The van der Waals surface area contributed by atoms with Gasteiger partial charge in [0.05, 0.1) is 0 Å². The van der Waals surface area contributed by atoms with E-state index < -0.39 is 6.10 Å². The predicted molar refractivity (Wildman–Crippen MR) is 81.6 cm³/mol. The van der Waals surface area contributed by atoms with E-state index in [0.717, 1.165) is 0 Å². The van der Waals surface area contributed by atoms with Crippen molar-refractivity contribution in [3.05, 3.63) is 60.2 Å². The van der Waals surface area contributed by atoms with Crippen LogP contribution in [0.25, 0.3) is 0 Å². The Morgan fingerprint density at radius 2 is 1.62 bits per heavy atom. The van der Waals surface area contributed by atoms with Gasteiger partial charge in [-0.1, -0.05) is 18.2 Å². The van der Waals surface area contributed by atoms with Crippen LogP contribution in [-0.4, -0.2) is 17.8 Å². The zero-order valence-corrected chi connectivity index (χ0v) is 12.0. The molecule has 0 bridgehead atoms. The maximum absolute atomic E-state index is 12.0. The van der Waals surface area contributed by atoms with Gasteiger partial charge in [-0.15, -0.1) is 0 Å². The van der Waals surface area contributed by atoms with Gasteiger partial charge in [-0.25, -0.2) is 0 Å². The van der Waals surface area contributed by atoms with Crippen molar-refractivity contribution in [1.82, 2.24) is 0 Å². The molecule has 4 heteroatoms. The molecule has 1 N–H and O–H groups in total. The van der Waals surface area contributed by atoms with E-state index in [0.29, 0.717) is 17.0 Å². The Bertz CT molecular complexity index is 620. The highest BCUT2D eigenvalue weighted by Crippen LogP contribution is 2.17. The Morgan fingerprint density at radius 1 is 1.00 bits per heavy atom. The van der Waals surface area contributed by atoms with Gasteiger partial charge < -0.3 is 10.1 Å². The van der Waals surface area contributed by atoms with Crippen LogP contribution in [0.2, 0.25) is 0 Å². The minimum absolute atomic E-state index is 0.0311. The molecule has 1 amide bonds. The Balaban J connectivity index is 2.00. The second-order valence-corrected chi connectivity index (χ2v) is 4.72.